The van der Waals surface area contributed by atoms with E-state index in [9.17, 15) is 14.4 Å². The van der Waals surface area contributed by atoms with Crippen molar-refractivity contribution < 1.29 is 24.7 Å². The average molecular weight is 244 g/mol. The van der Waals surface area contributed by atoms with Crippen LogP contribution in [0.4, 0.5) is 0 Å². The summed E-state index contributed by atoms with van der Waals surface area (Å²) in [6, 6.07) is 0. The maximum Gasteiger partial charge on any atom is 0.307 e. The summed E-state index contributed by atoms with van der Waals surface area (Å²) in [5.74, 6) is -2.97. The fourth-order valence-electron chi connectivity index (χ4n) is 2.18. The van der Waals surface area contributed by atoms with E-state index in [2.05, 4.69) is 0 Å². The molecule has 1 saturated carbocycles. The van der Waals surface area contributed by atoms with Gasteiger partial charge in [0.25, 0.3) is 0 Å². The van der Waals surface area contributed by atoms with Crippen molar-refractivity contribution in [3.05, 3.63) is 0 Å². The van der Waals surface area contributed by atoms with Gasteiger partial charge in [-0.25, -0.2) is 5.01 Å². The quantitative estimate of drug-likeness (QED) is 0.456. The van der Waals surface area contributed by atoms with Gasteiger partial charge >= 0.3 is 5.97 Å². The fourth-order valence-corrected chi connectivity index (χ4v) is 2.18. The summed E-state index contributed by atoms with van der Waals surface area (Å²) < 4.78 is 0. The van der Waals surface area contributed by atoms with Crippen LogP contribution in [-0.4, -0.2) is 40.0 Å². The molecule has 2 unspecified atom stereocenters. The highest BCUT2D eigenvalue weighted by Gasteiger charge is 2.37. The Bertz CT molecular complexity index is 307. The third kappa shape index (κ3) is 3.24. The number of hydrogen-bond donors (Lipinski definition) is 3. The summed E-state index contributed by atoms with van der Waals surface area (Å²) in [6.07, 6.45) is 2.93. The molecule has 0 aromatic heterocycles. The first-order valence-corrected chi connectivity index (χ1v) is 5.49. The van der Waals surface area contributed by atoms with Gasteiger partial charge in [0.05, 0.1) is 18.4 Å². The normalized spacial score (nSPS) is 24.1. The lowest BCUT2D eigenvalue weighted by atomic mass is 9.78. The van der Waals surface area contributed by atoms with E-state index in [1.807, 2.05) is 0 Å². The van der Waals surface area contributed by atoms with Crippen LogP contribution in [0.15, 0.2) is 0 Å². The molecule has 0 radical (unpaired) electrons. The van der Waals surface area contributed by atoms with Gasteiger partial charge in [0.15, 0.2) is 0 Å². The minimum absolute atomic E-state index is 0.307. The highest BCUT2D eigenvalue weighted by Crippen LogP contribution is 2.31. The number of nitrogens with one attached hydrogen (secondary N) is 1. The van der Waals surface area contributed by atoms with Gasteiger partial charge in [-0.3, -0.25) is 14.8 Å². The van der Waals surface area contributed by atoms with E-state index in [4.69, 9.17) is 10.3 Å². The van der Waals surface area contributed by atoms with Crippen LogP contribution in [0.5, 0.6) is 0 Å². The number of aliphatic carboxylic acids is 1. The molecule has 7 heteroatoms. The summed E-state index contributed by atoms with van der Waals surface area (Å²) in [5, 5.41) is 18.5. The van der Waals surface area contributed by atoms with Crippen LogP contribution < -0.4 is 5.59 Å². The van der Waals surface area contributed by atoms with Gasteiger partial charge in [-0.15, -0.1) is 5.59 Å². The van der Waals surface area contributed by atoms with Crippen LogP contribution in [-0.2, 0) is 14.4 Å². The molecule has 0 aromatic rings. The van der Waals surface area contributed by atoms with Crippen LogP contribution in [0.25, 0.3) is 0 Å². The number of rotatable bonds is 5. The number of amides is 1. The molecule has 1 aliphatic rings. The molecule has 0 bridgehead atoms. The zero-order valence-electron chi connectivity index (χ0n) is 9.33. The Kier molecular flexibility index (Phi) is 5.05. The van der Waals surface area contributed by atoms with Gasteiger partial charge in [-0.2, -0.15) is 0 Å². The van der Waals surface area contributed by atoms with Gasteiger partial charge in [0, 0.05) is 0 Å². The summed E-state index contributed by atoms with van der Waals surface area (Å²) in [5.41, 5.74) is 1.62. The number of hydrogen-bond acceptors (Lipinski definition) is 5. The summed E-state index contributed by atoms with van der Waals surface area (Å²) >= 11 is 0. The third-order valence-corrected chi connectivity index (χ3v) is 3.04. The van der Waals surface area contributed by atoms with Crippen LogP contribution in [0.3, 0.4) is 0 Å². The van der Waals surface area contributed by atoms with Gasteiger partial charge < -0.3 is 9.90 Å². The monoisotopic (exact) mass is 244 g/mol. The molecule has 3 N–H and O–H groups in total. The molecule has 0 spiro atoms. The second-order valence-corrected chi connectivity index (χ2v) is 4.05. The van der Waals surface area contributed by atoms with Gasteiger partial charge in [0.1, 0.15) is 6.29 Å². The van der Waals surface area contributed by atoms with E-state index in [0.29, 0.717) is 19.1 Å². The highest BCUT2D eigenvalue weighted by molar-refractivity contribution is 5.85. The van der Waals surface area contributed by atoms with Gasteiger partial charge in [-0.1, -0.05) is 12.8 Å². The second kappa shape index (κ2) is 6.31. The molecule has 96 valence electrons. The molecule has 0 heterocycles. The molecule has 2 atom stereocenters. The maximum absolute atomic E-state index is 11.9. The summed E-state index contributed by atoms with van der Waals surface area (Å²) in [6.45, 7) is -0.307. The smallest absolute Gasteiger partial charge is 0.307 e. The number of carbonyl (C=O) groups is 3. The predicted octanol–water partition coefficient (Wildman–Crippen LogP) is -0.201. The van der Waals surface area contributed by atoms with Crippen molar-refractivity contribution in [2.45, 2.75) is 25.7 Å². The lowest BCUT2D eigenvalue weighted by Gasteiger charge is -2.30. The van der Waals surface area contributed by atoms with E-state index in [1.165, 1.54) is 0 Å². The molecule has 0 aromatic carbocycles. The molecule has 7 nitrogen and oxygen atoms in total. The van der Waals surface area contributed by atoms with Crippen LogP contribution in [0.1, 0.15) is 25.7 Å². The SMILES string of the molecule is O=CCN(NO)C(=O)C1CCCCC1C(=O)O. The molecule has 1 aliphatic carbocycles. The Balaban J connectivity index is 2.76. The molecule has 17 heavy (non-hydrogen) atoms. The molecule has 0 saturated heterocycles. The first-order chi connectivity index (χ1) is 8.11. The van der Waals surface area contributed by atoms with E-state index in [0.717, 1.165) is 17.9 Å². The third-order valence-electron chi connectivity index (χ3n) is 3.04. The molecule has 0 aliphatic heterocycles. The summed E-state index contributed by atoms with van der Waals surface area (Å²) in [4.78, 5) is 33.2. The van der Waals surface area contributed by atoms with Crippen molar-refractivity contribution in [3.63, 3.8) is 0 Å². The van der Waals surface area contributed by atoms with E-state index >= 15 is 0 Å². The van der Waals surface area contributed by atoms with Crippen molar-refractivity contribution in [1.82, 2.24) is 10.6 Å². The number of carbonyl (C=O) groups excluding carboxylic acids is 2. The molecular formula is C10H16N2O5. The van der Waals surface area contributed by atoms with Crippen molar-refractivity contribution in [3.8, 4) is 0 Å². The van der Waals surface area contributed by atoms with E-state index in [1.54, 1.807) is 5.59 Å². The Morgan fingerprint density at radius 3 is 2.35 bits per heavy atom. The van der Waals surface area contributed by atoms with Crippen molar-refractivity contribution in [1.29, 1.82) is 0 Å². The van der Waals surface area contributed by atoms with E-state index < -0.39 is 23.7 Å². The van der Waals surface area contributed by atoms with Crippen LogP contribution in [0, 0.1) is 11.8 Å². The van der Waals surface area contributed by atoms with Crippen molar-refractivity contribution >= 4 is 18.2 Å². The largest absolute Gasteiger partial charge is 0.481 e. The Morgan fingerprint density at radius 1 is 1.29 bits per heavy atom. The molecule has 1 fully saturated rings. The van der Waals surface area contributed by atoms with E-state index in [-0.39, 0.29) is 6.54 Å². The van der Waals surface area contributed by atoms with Crippen LogP contribution >= 0.6 is 0 Å². The fraction of sp³-hybridized carbons (Fsp3) is 0.700. The van der Waals surface area contributed by atoms with Crippen molar-refractivity contribution in [2.24, 2.45) is 11.8 Å². The second-order valence-electron chi connectivity index (χ2n) is 4.05. The highest BCUT2D eigenvalue weighted by atomic mass is 16.5. The maximum atomic E-state index is 11.9. The Labute approximate surface area is 98.3 Å². The minimum atomic E-state index is -1.01. The Hall–Kier alpha value is -1.47. The molecule has 1 amide bonds. The molecular weight excluding hydrogens is 228 g/mol. The topological polar surface area (TPSA) is 107 Å². The van der Waals surface area contributed by atoms with Crippen molar-refractivity contribution in [2.75, 3.05) is 6.54 Å². The minimum Gasteiger partial charge on any atom is -0.481 e. The lowest BCUT2D eigenvalue weighted by molar-refractivity contribution is -0.160. The first kappa shape index (κ1) is 13.6. The summed E-state index contributed by atoms with van der Waals surface area (Å²) in [7, 11) is 0. The number of carboxylic acid groups (broad SMARTS) is 1. The standard InChI is InChI=1S/C10H16N2O5/c13-6-5-12(11-17)9(14)7-3-1-2-4-8(7)10(15)16/h6-8,11,17H,1-5H2,(H,15,16). The number of hydrazine groups is 1. The zero-order valence-corrected chi connectivity index (χ0v) is 9.33. The lowest BCUT2D eigenvalue weighted by Crippen LogP contribution is -2.48. The predicted molar refractivity (Wildman–Crippen MR) is 55.8 cm³/mol. The van der Waals surface area contributed by atoms with Gasteiger partial charge in [0.2, 0.25) is 5.91 Å². The Morgan fingerprint density at radius 2 is 1.88 bits per heavy atom. The van der Waals surface area contributed by atoms with Gasteiger partial charge in [-0.05, 0) is 12.8 Å². The molecule has 1 rings (SSSR count). The number of nitrogens with zero attached hydrogens (tertiary/aromatic N) is 1. The van der Waals surface area contributed by atoms with Crippen LogP contribution in [0.2, 0.25) is 0 Å². The first-order valence-electron chi connectivity index (χ1n) is 5.49. The number of aldehydes is 1. The average Bonchev–Trinajstić information content (AvgIpc) is 2.35. The number of carboxylic acids is 1. The zero-order chi connectivity index (χ0) is 12.8.